The van der Waals surface area contributed by atoms with Crippen LogP contribution in [0, 0.1) is 17.8 Å². The third-order valence-electron chi connectivity index (χ3n) is 5.20. The molecule has 172 valence electrons. The maximum absolute atomic E-state index is 13.1. The van der Waals surface area contributed by atoms with Crippen molar-refractivity contribution < 1.29 is 19.2 Å². The Kier molecular flexibility index (Phi) is 14.1. The molecule has 0 aromatic rings. The van der Waals surface area contributed by atoms with Gasteiger partial charge in [-0.3, -0.25) is 14.5 Å². The fraction of sp³-hybridized carbons (Fsp3) is 0.905. The molecule has 8 heteroatoms. The minimum absolute atomic E-state index is 0.00328. The summed E-state index contributed by atoms with van der Waals surface area (Å²) in [6.07, 6.45) is 1.01. The maximum atomic E-state index is 13.1. The second kappa shape index (κ2) is 14.7. The second-order valence-electron chi connectivity index (χ2n) is 8.62. The molecule has 29 heavy (non-hydrogen) atoms. The first-order chi connectivity index (χ1) is 13.6. The number of nitrogens with zero attached hydrogens (tertiary/aromatic N) is 2. The average molecular weight is 417 g/mol. The first kappa shape index (κ1) is 27.8. The zero-order chi connectivity index (χ0) is 22.6. The van der Waals surface area contributed by atoms with E-state index >= 15 is 0 Å². The summed E-state index contributed by atoms with van der Waals surface area (Å²) in [5.41, 5.74) is 0. The molecule has 0 aromatic heterocycles. The van der Waals surface area contributed by atoms with Gasteiger partial charge in [0, 0.05) is 20.1 Å². The van der Waals surface area contributed by atoms with Gasteiger partial charge in [-0.05, 0) is 24.8 Å². The van der Waals surface area contributed by atoms with Crippen LogP contribution in [0.4, 0.5) is 0 Å². The highest BCUT2D eigenvalue weighted by Crippen LogP contribution is 2.13. The summed E-state index contributed by atoms with van der Waals surface area (Å²) in [7, 11) is 3.71. The molecule has 3 N–H and O–H groups in total. The Morgan fingerprint density at radius 2 is 1.62 bits per heavy atom. The number of nitrogens with two attached hydrogens (primary N) is 1. The highest BCUT2D eigenvalue weighted by Gasteiger charge is 2.32. The van der Waals surface area contributed by atoms with Crippen molar-refractivity contribution >= 4 is 11.8 Å². The molecule has 8 nitrogen and oxygen atoms in total. The van der Waals surface area contributed by atoms with Gasteiger partial charge in [-0.1, -0.05) is 48.0 Å². The van der Waals surface area contributed by atoms with E-state index in [9.17, 15) is 9.59 Å². The summed E-state index contributed by atoms with van der Waals surface area (Å²) >= 11 is 0. The molecular formula is C21H44N4O4. The van der Waals surface area contributed by atoms with Crippen LogP contribution >= 0.6 is 0 Å². The quantitative estimate of drug-likeness (QED) is 0.310. The molecule has 0 saturated carbocycles. The summed E-state index contributed by atoms with van der Waals surface area (Å²) < 4.78 is 5.45. The van der Waals surface area contributed by atoms with Crippen molar-refractivity contribution in [2.45, 2.75) is 60.0 Å². The smallest absolute Gasteiger partial charge is 0.245 e. The molecule has 3 atom stereocenters. The van der Waals surface area contributed by atoms with E-state index in [4.69, 9.17) is 10.6 Å². The molecular weight excluding hydrogens is 372 g/mol. The van der Waals surface area contributed by atoms with Crippen molar-refractivity contribution in [1.82, 2.24) is 15.1 Å². The number of hydrogen-bond donors (Lipinski definition) is 2. The number of hydrogen-bond acceptors (Lipinski definition) is 6. The lowest BCUT2D eigenvalue weighted by molar-refractivity contribution is -0.139. The van der Waals surface area contributed by atoms with Crippen LogP contribution in [0.15, 0.2) is 0 Å². The largest absolute Gasteiger partial charge is 0.378 e. The normalized spacial score (nSPS) is 14.9. The fourth-order valence-electron chi connectivity index (χ4n) is 3.24. The standard InChI is InChI=1S/C21H44N4O4/c1-9-17(6)14-25(8)21(27)18(15(2)3)23-20(26)19(16(4)5)24(7)10-11-28-12-13-29-22/h15-19H,9-14,22H2,1-8H3,(H,23,26). The van der Waals surface area contributed by atoms with Gasteiger partial charge in [0.2, 0.25) is 11.8 Å². The lowest BCUT2D eigenvalue weighted by Gasteiger charge is -2.33. The molecule has 0 aliphatic heterocycles. The average Bonchev–Trinajstić information content (AvgIpc) is 2.64. The van der Waals surface area contributed by atoms with Crippen LogP contribution in [-0.2, 0) is 19.2 Å². The Hall–Kier alpha value is -1.22. The highest BCUT2D eigenvalue weighted by molar-refractivity contribution is 5.90. The summed E-state index contributed by atoms with van der Waals surface area (Å²) in [6.45, 7) is 14.7. The molecule has 0 radical (unpaired) electrons. The molecule has 0 aliphatic carbocycles. The molecule has 2 amide bonds. The number of amides is 2. The van der Waals surface area contributed by atoms with Crippen molar-refractivity contribution in [3.63, 3.8) is 0 Å². The summed E-state index contributed by atoms with van der Waals surface area (Å²) in [6, 6.07) is -0.887. The molecule has 0 fully saturated rings. The Bertz CT molecular complexity index is 474. The van der Waals surface area contributed by atoms with Gasteiger partial charge in [0.15, 0.2) is 0 Å². The van der Waals surface area contributed by atoms with Crippen LogP contribution in [0.5, 0.6) is 0 Å². The Balaban J connectivity index is 5.02. The van der Waals surface area contributed by atoms with E-state index in [1.165, 1.54) is 0 Å². The SMILES string of the molecule is CCC(C)CN(C)C(=O)C(NC(=O)C(C(C)C)N(C)CCOCCON)C(C)C. The zero-order valence-electron chi connectivity index (χ0n) is 19.7. The van der Waals surface area contributed by atoms with Crippen molar-refractivity contribution in [1.29, 1.82) is 0 Å². The third kappa shape index (κ3) is 10.4. The summed E-state index contributed by atoms with van der Waals surface area (Å²) in [5.74, 6) is 5.33. The van der Waals surface area contributed by atoms with Gasteiger partial charge < -0.3 is 19.8 Å². The lowest BCUT2D eigenvalue weighted by atomic mass is 9.98. The van der Waals surface area contributed by atoms with Crippen molar-refractivity contribution in [3.05, 3.63) is 0 Å². The van der Waals surface area contributed by atoms with Gasteiger partial charge in [-0.2, -0.15) is 0 Å². The number of carbonyl (C=O) groups is 2. The van der Waals surface area contributed by atoms with Crippen LogP contribution in [-0.4, -0.2) is 80.7 Å². The summed E-state index contributed by atoms with van der Waals surface area (Å²) in [5, 5.41) is 3.01. The van der Waals surface area contributed by atoms with Gasteiger partial charge in [0.05, 0.1) is 25.9 Å². The minimum Gasteiger partial charge on any atom is -0.378 e. The molecule has 0 saturated heterocycles. The van der Waals surface area contributed by atoms with Gasteiger partial charge in [-0.15, -0.1) is 0 Å². The van der Waals surface area contributed by atoms with Gasteiger partial charge in [0.1, 0.15) is 6.04 Å². The van der Waals surface area contributed by atoms with E-state index in [-0.39, 0.29) is 29.7 Å². The fourth-order valence-corrected chi connectivity index (χ4v) is 3.24. The van der Waals surface area contributed by atoms with Gasteiger partial charge in [0.25, 0.3) is 0 Å². The van der Waals surface area contributed by atoms with E-state index in [2.05, 4.69) is 24.0 Å². The highest BCUT2D eigenvalue weighted by atomic mass is 16.6. The predicted molar refractivity (Wildman–Crippen MR) is 116 cm³/mol. The molecule has 0 aromatic carbocycles. The Morgan fingerprint density at radius 3 is 2.10 bits per heavy atom. The van der Waals surface area contributed by atoms with Gasteiger partial charge in [-0.25, -0.2) is 5.90 Å². The molecule has 0 spiro atoms. The monoisotopic (exact) mass is 416 g/mol. The zero-order valence-corrected chi connectivity index (χ0v) is 19.7. The topological polar surface area (TPSA) is 97.1 Å². The van der Waals surface area contributed by atoms with Crippen molar-refractivity contribution in [2.75, 3.05) is 47.0 Å². The predicted octanol–water partition coefficient (Wildman–Crippen LogP) is 1.50. The second-order valence-corrected chi connectivity index (χ2v) is 8.62. The van der Waals surface area contributed by atoms with E-state index in [1.54, 1.807) is 4.90 Å². The molecule has 0 rings (SSSR count). The van der Waals surface area contributed by atoms with E-state index in [1.807, 2.05) is 46.7 Å². The number of rotatable bonds is 15. The number of carbonyl (C=O) groups excluding carboxylic acids is 2. The van der Waals surface area contributed by atoms with Crippen LogP contribution in [0.3, 0.4) is 0 Å². The third-order valence-corrected chi connectivity index (χ3v) is 5.20. The van der Waals surface area contributed by atoms with E-state index in [0.717, 1.165) is 6.42 Å². The van der Waals surface area contributed by atoms with E-state index in [0.29, 0.717) is 38.8 Å². The number of ether oxygens (including phenoxy) is 1. The Morgan fingerprint density at radius 1 is 1.00 bits per heavy atom. The number of nitrogens with one attached hydrogen (secondary N) is 1. The minimum atomic E-state index is -0.538. The molecule has 0 bridgehead atoms. The number of likely N-dealkylation sites (N-methyl/N-ethyl adjacent to an activating group) is 2. The molecule has 0 heterocycles. The van der Waals surface area contributed by atoms with E-state index < -0.39 is 6.04 Å². The molecule has 3 unspecified atom stereocenters. The maximum Gasteiger partial charge on any atom is 0.245 e. The first-order valence-corrected chi connectivity index (χ1v) is 10.7. The van der Waals surface area contributed by atoms with Crippen molar-refractivity contribution in [3.8, 4) is 0 Å². The van der Waals surface area contributed by atoms with Gasteiger partial charge >= 0.3 is 0 Å². The summed E-state index contributed by atoms with van der Waals surface area (Å²) in [4.78, 5) is 34.2. The Labute approximate surface area is 177 Å². The van der Waals surface area contributed by atoms with Crippen molar-refractivity contribution in [2.24, 2.45) is 23.7 Å². The first-order valence-electron chi connectivity index (χ1n) is 10.7. The van der Waals surface area contributed by atoms with Crippen LogP contribution in [0.25, 0.3) is 0 Å². The van der Waals surface area contributed by atoms with Crippen LogP contribution < -0.4 is 11.2 Å². The lowest BCUT2D eigenvalue weighted by Crippen LogP contribution is -2.57. The molecule has 0 aliphatic rings. The van der Waals surface area contributed by atoms with Crippen LogP contribution in [0.1, 0.15) is 48.0 Å². The van der Waals surface area contributed by atoms with Crippen LogP contribution in [0.2, 0.25) is 0 Å².